The van der Waals surface area contributed by atoms with Crippen molar-refractivity contribution in [3.8, 4) is 0 Å². The lowest BCUT2D eigenvalue weighted by Crippen LogP contribution is -1.90. The van der Waals surface area contributed by atoms with Crippen molar-refractivity contribution in [1.82, 2.24) is 0 Å². The van der Waals surface area contributed by atoms with Gasteiger partial charge in [-0.05, 0) is 17.2 Å². The zero-order valence-corrected chi connectivity index (χ0v) is 8.17. The van der Waals surface area contributed by atoms with Crippen molar-refractivity contribution in [2.24, 2.45) is 0 Å². The Morgan fingerprint density at radius 1 is 1.50 bits per heavy atom. The first-order valence-electron chi connectivity index (χ1n) is 3.60. The third-order valence-electron chi connectivity index (χ3n) is 1.54. The predicted octanol–water partition coefficient (Wildman–Crippen LogP) is 2.75. The van der Waals surface area contributed by atoms with E-state index in [0.717, 1.165) is 16.3 Å². The highest BCUT2D eigenvalue weighted by Gasteiger charge is 1.99. The molecule has 0 fully saturated rings. The van der Waals surface area contributed by atoms with Crippen molar-refractivity contribution in [2.45, 2.75) is 6.42 Å². The molecule has 0 aliphatic carbocycles. The van der Waals surface area contributed by atoms with E-state index in [1.165, 1.54) is 0 Å². The Bertz CT molecular complexity index is 304. The SMILES string of the molecule is C=C(C=O)Cc1ccccc1Br. The normalized spacial score (nSPS) is 9.42. The Morgan fingerprint density at radius 2 is 2.17 bits per heavy atom. The zero-order chi connectivity index (χ0) is 8.97. The maximum absolute atomic E-state index is 10.3. The Balaban J connectivity index is 2.82. The highest BCUT2D eigenvalue weighted by atomic mass is 79.9. The first-order valence-corrected chi connectivity index (χ1v) is 4.39. The fourth-order valence-corrected chi connectivity index (χ4v) is 1.35. The summed E-state index contributed by atoms with van der Waals surface area (Å²) < 4.78 is 1.02. The maximum atomic E-state index is 10.3. The van der Waals surface area contributed by atoms with Crippen molar-refractivity contribution in [3.63, 3.8) is 0 Å². The number of carbonyl (C=O) groups excluding carboxylic acids is 1. The predicted molar refractivity (Wildman–Crippen MR) is 53.1 cm³/mol. The van der Waals surface area contributed by atoms with E-state index in [0.29, 0.717) is 12.0 Å². The van der Waals surface area contributed by atoms with E-state index in [4.69, 9.17) is 0 Å². The van der Waals surface area contributed by atoms with Crippen molar-refractivity contribution in [2.75, 3.05) is 0 Å². The van der Waals surface area contributed by atoms with E-state index in [-0.39, 0.29) is 0 Å². The number of halogens is 1. The fraction of sp³-hybridized carbons (Fsp3) is 0.100. The molecule has 1 aromatic carbocycles. The Labute approximate surface area is 80.2 Å². The summed E-state index contributed by atoms with van der Waals surface area (Å²) in [5.74, 6) is 0. The van der Waals surface area contributed by atoms with Crippen LogP contribution in [0, 0.1) is 0 Å². The molecule has 0 saturated heterocycles. The van der Waals surface area contributed by atoms with E-state index in [2.05, 4.69) is 22.5 Å². The minimum absolute atomic E-state index is 0.599. The summed E-state index contributed by atoms with van der Waals surface area (Å²) in [6, 6.07) is 7.81. The molecule has 0 atom stereocenters. The molecule has 0 aliphatic rings. The molecule has 0 saturated carbocycles. The lowest BCUT2D eigenvalue weighted by atomic mass is 10.1. The number of aldehydes is 1. The number of allylic oxidation sites excluding steroid dienone is 1. The molecule has 0 unspecified atom stereocenters. The second-order valence-electron chi connectivity index (χ2n) is 2.54. The number of hydrogen-bond donors (Lipinski definition) is 0. The summed E-state index contributed by atoms with van der Waals surface area (Å²) in [6.07, 6.45) is 1.41. The van der Waals surface area contributed by atoms with Gasteiger partial charge in [0.1, 0.15) is 6.29 Å². The molecular weight excluding hydrogens is 216 g/mol. The van der Waals surface area contributed by atoms with E-state index in [1.54, 1.807) is 0 Å². The van der Waals surface area contributed by atoms with Gasteiger partial charge in [0.25, 0.3) is 0 Å². The first kappa shape index (κ1) is 9.20. The van der Waals surface area contributed by atoms with Crippen molar-refractivity contribution < 1.29 is 4.79 Å². The third kappa shape index (κ3) is 2.31. The van der Waals surface area contributed by atoms with Crippen LogP contribution in [0.15, 0.2) is 40.9 Å². The van der Waals surface area contributed by atoms with Gasteiger partial charge in [-0.1, -0.05) is 40.7 Å². The smallest absolute Gasteiger partial charge is 0.145 e. The molecule has 0 aliphatic heterocycles. The molecule has 2 heteroatoms. The van der Waals surface area contributed by atoms with Crippen LogP contribution in [0.5, 0.6) is 0 Å². The molecule has 62 valence electrons. The monoisotopic (exact) mass is 224 g/mol. The number of carbonyl (C=O) groups is 1. The van der Waals surface area contributed by atoms with Gasteiger partial charge in [0.2, 0.25) is 0 Å². The molecule has 1 nitrogen and oxygen atoms in total. The first-order chi connectivity index (χ1) is 5.74. The molecule has 12 heavy (non-hydrogen) atoms. The van der Waals surface area contributed by atoms with E-state index in [9.17, 15) is 4.79 Å². The van der Waals surface area contributed by atoms with Crippen LogP contribution in [0.4, 0.5) is 0 Å². The summed E-state index contributed by atoms with van der Waals surface area (Å²) in [6.45, 7) is 3.62. The van der Waals surface area contributed by atoms with Crippen molar-refractivity contribution in [1.29, 1.82) is 0 Å². The topological polar surface area (TPSA) is 17.1 Å². The average molecular weight is 225 g/mol. The van der Waals surface area contributed by atoms with Gasteiger partial charge < -0.3 is 0 Å². The van der Waals surface area contributed by atoms with Gasteiger partial charge in [-0.25, -0.2) is 0 Å². The van der Waals surface area contributed by atoms with Gasteiger partial charge >= 0.3 is 0 Å². The molecule has 0 aromatic heterocycles. The molecular formula is C10H9BrO. The molecule has 0 heterocycles. The lowest BCUT2D eigenvalue weighted by Gasteiger charge is -2.01. The van der Waals surface area contributed by atoms with Gasteiger partial charge in [-0.15, -0.1) is 0 Å². The Morgan fingerprint density at radius 3 is 2.75 bits per heavy atom. The largest absolute Gasteiger partial charge is 0.298 e. The molecule has 0 spiro atoms. The molecule has 0 bridgehead atoms. The second kappa shape index (κ2) is 4.21. The van der Waals surface area contributed by atoms with Crippen LogP contribution in [0.25, 0.3) is 0 Å². The van der Waals surface area contributed by atoms with Crippen LogP contribution in [0.2, 0.25) is 0 Å². The van der Waals surface area contributed by atoms with Gasteiger partial charge in [0.05, 0.1) is 0 Å². The van der Waals surface area contributed by atoms with Crippen LogP contribution in [-0.2, 0) is 11.2 Å². The summed E-state index contributed by atoms with van der Waals surface area (Å²) in [5, 5.41) is 0. The van der Waals surface area contributed by atoms with Gasteiger partial charge in [0.15, 0.2) is 0 Å². The van der Waals surface area contributed by atoms with Crippen LogP contribution >= 0.6 is 15.9 Å². The third-order valence-corrected chi connectivity index (χ3v) is 2.32. The van der Waals surface area contributed by atoms with Crippen LogP contribution in [0.1, 0.15) is 5.56 Å². The molecule has 0 amide bonds. The maximum Gasteiger partial charge on any atom is 0.145 e. The van der Waals surface area contributed by atoms with E-state index in [1.807, 2.05) is 24.3 Å². The Kier molecular flexibility index (Phi) is 3.23. The van der Waals surface area contributed by atoms with Crippen molar-refractivity contribution in [3.05, 3.63) is 46.5 Å². The standard InChI is InChI=1S/C10H9BrO/c1-8(7-12)6-9-4-2-3-5-10(9)11/h2-5,7H,1,6H2. The lowest BCUT2D eigenvalue weighted by molar-refractivity contribution is -0.104. The molecule has 0 N–H and O–H groups in total. The summed E-state index contributed by atoms with van der Waals surface area (Å²) >= 11 is 3.40. The van der Waals surface area contributed by atoms with Crippen molar-refractivity contribution >= 4 is 22.2 Å². The highest BCUT2D eigenvalue weighted by molar-refractivity contribution is 9.10. The molecule has 1 aromatic rings. The number of rotatable bonds is 3. The van der Waals surface area contributed by atoms with Crippen LogP contribution < -0.4 is 0 Å². The zero-order valence-electron chi connectivity index (χ0n) is 6.59. The van der Waals surface area contributed by atoms with E-state index >= 15 is 0 Å². The molecule has 1 rings (SSSR count). The van der Waals surface area contributed by atoms with Gasteiger partial charge in [0, 0.05) is 10.9 Å². The van der Waals surface area contributed by atoms with Crippen LogP contribution in [0.3, 0.4) is 0 Å². The van der Waals surface area contributed by atoms with E-state index < -0.39 is 0 Å². The van der Waals surface area contributed by atoms with Crippen LogP contribution in [-0.4, -0.2) is 6.29 Å². The fourth-order valence-electron chi connectivity index (χ4n) is 0.928. The highest BCUT2D eigenvalue weighted by Crippen LogP contribution is 2.17. The summed E-state index contributed by atoms with van der Waals surface area (Å²) in [7, 11) is 0. The van der Waals surface area contributed by atoms with Gasteiger partial charge in [-0.2, -0.15) is 0 Å². The molecule has 0 radical (unpaired) electrons. The number of benzene rings is 1. The second-order valence-corrected chi connectivity index (χ2v) is 3.40. The summed E-state index contributed by atoms with van der Waals surface area (Å²) in [4.78, 5) is 10.3. The quantitative estimate of drug-likeness (QED) is 0.571. The minimum Gasteiger partial charge on any atom is -0.298 e. The Hall–Kier alpha value is -0.890. The summed E-state index contributed by atoms with van der Waals surface area (Å²) in [5.41, 5.74) is 1.69. The minimum atomic E-state index is 0.599. The number of hydrogen-bond acceptors (Lipinski definition) is 1. The average Bonchev–Trinajstić information content (AvgIpc) is 2.09. The van der Waals surface area contributed by atoms with Gasteiger partial charge in [-0.3, -0.25) is 4.79 Å².